The van der Waals surface area contributed by atoms with Gasteiger partial charge in [-0.05, 0) is 48.5 Å². The number of aromatic nitrogens is 2. The number of nitrogens with zero attached hydrogens (tertiary/aromatic N) is 2. The minimum absolute atomic E-state index is 0.461. The number of allylic oxidation sites excluding steroid dienone is 3. The van der Waals surface area contributed by atoms with Crippen LogP contribution >= 0.6 is 11.6 Å². The van der Waals surface area contributed by atoms with Crippen LogP contribution in [0.5, 0.6) is 5.75 Å². The Kier molecular flexibility index (Phi) is 4.16. The first-order valence-electron chi connectivity index (χ1n) is 9.07. The van der Waals surface area contributed by atoms with Crippen molar-refractivity contribution in [3.8, 4) is 11.8 Å². The van der Waals surface area contributed by atoms with E-state index in [1.54, 1.807) is 0 Å². The smallest absolute Gasteiger partial charge is 0.149 e. The van der Waals surface area contributed by atoms with Gasteiger partial charge in [-0.15, -0.1) is 0 Å². The number of H-pyrrole nitrogens is 1. The summed E-state index contributed by atoms with van der Waals surface area (Å²) in [5.41, 5.74) is 4.66. The summed E-state index contributed by atoms with van der Waals surface area (Å²) < 4.78 is 6.12. The molecule has 4 aromatic rings. The second-order valence-corrected chi connectivity index (χ2v) is 7.05. The Morgan fingerprint density at radius 2 is 1.72 bits per heavy atom. The van der Waals surface area contributed by atoms with E-state index in [2.05, 4.69) is 16.0 Å². The number of nitriles is 1. The third kappa shape index (κ3) is 3.08. The number of hydrogen-bond acceptors (Lipinski definition) is 3. The van der Waals surface area contributed by atoms with Gasteiger partial charge in [0.25, 0.3) is 0 Å². The Bertz CT molecular complexity index is 1310. The van der Waals surface area contributed by atoms with E-state index < -0.39 is 0 Å². The minimum atomic E-state index is 0.461. The van der Waals surface area contributed by atoms with Gasteiger partial charge in [-0.25, -0.2) is 4.98 Å². The number of para-hydroxylation sites is 3. The highest BCUT2D eigenvalue weighted by atomic mass is 35.5. The first-order valence-corrected chi connectivity index (χ1v) is 9.45. The van der Waals surface area contributed by atoms with Gasteiger partial charge in [0.1, 0.15) is 29.0 Å². The van der Waals surface area contributed by atoms with Crippen molar-refractivity contribution in [1.29, 1.82) is 5.26 Å². The zero-order valence-electron chi connectivity index (χ0n) is 15.2. The number of fused-ring (bicyclic) bond motifs is 2. The molecule has 138 valence electrons. The lowest BCUT2D eigenvalue weighted by atomic mass is 9.95. The molecule has 0 atom stereocenters. The van der Waals surface area contributed by atoms with E-state index in [9.17, 15) is 5.26 Å². The van der Waals surface area contributed by atoms with E-state index in [0.29, 0.717) is 27.9 Å². The second-order valence-electron chi connectivity index (χ2n) is 6.62. The van der Waals surface area contributed by atoms with Crippen LogP contribution in [-0.2, 0) is 0 Å². The summed E-state index contributed by atoms with van der Waals surface area (Å²) in [6, 6.07) is 25.2. The molecule has 4 nitrogen and oxygen atoms in total. The van der Waals surface area contributed by atoms with E-state index in [-0.39, 0.29) is 0 Å². The lowest BCUT2D eigenvalue weighted by molar-refractivity contribution is 0.509. The molecule has 0 saturated carbocycles. The van der Waals surface area contributed by atoms with Crippen LogP contribution in [-0.4, -0.2) is 9.97 Å². The average molecular weight is 396 g/mol. The van der Waals surface area contributed by atoms with Gasteiger partial charge >= 0.3 is 0 Å². The SMILES string of the molecule is N#C/C(=C1\C=C(c2ccc(Cl)cc2)Oc2ccccc21)c1nc2ccccc2[nH]1. The Hall–Kier alpha value is -3.81. The summed E-state index contributed by atoms with van der Waals surface area (Å²) in [5, 5.41) is 10.7. The van der Waals surface area contributed by atoms with E-state index >= 15 is 0 Å². The zero-order chi connectivity index (χ0) is 19.8. The average Bonchev–Trinajstić information content (AvgIpc) is 3.18. The van der Waals surface area contributed by atoms with Crippen LogP contribution in [0.3, 0.4) is 0 Å². The molecule has 1 N–H and O–H groups in total. The molecule has 2 heterocycles. The van der Waals surface area contributed by atoms with Crippen molar-refractivity contribution in [2.75, 3.05) is 0 Å². The summed E-state index contributed by atoms with van der Waals surface area (Å²) >= 11 is 6.03. The summed E-state index contributed by atoms with van der Waals surface area (Å²) in [4.78, 5) is 7.88. The van der Waals surface area contributed by atoms with Crippen LogP contribution in [0.2, 0.25) is 5.02 Å². The third-order valence-corrected chi connectivity index (χ3v) is 5.06. The summed E-state index contributed by atoms with van der Waals surface area (Å²) in [6.07, 6.45) is 1.89. The van der Waals surface area contributed by atoms with Crippen molar-refractivity contribution in [2.24, 2.45) is 0 Å². The van der Waals surface area contributed by atoms with Crippen LogP contribution in [0.15, 0.2) is 78.9 Å². The Morgan fingerprint density at radius 1 is 0.966 bits per heavy atom. The fourth-order valence-corrected chi connectivity index (χ4v) is 3.54. The van der Waals surface area contributed by atoms with Crippen LogP contribution in [0.1, 0.15) is 17.0 Å². The zero-order valence-corrected chi connectivity index (χ0v) is 15.9. The van der Waals surface area contributed by atoms with E-state index in [1.165, 1.54) is 0 Å². The maximum atomic E-state index is 10.0. The van der Waals surface area contributed by atoms with Crippen molar-refractivity contribution >= 4 is 39.5 Å². The molecule has 0 unspecified atom stereocenters. The normalized spacial score (nSPS) is 14.6. The Morgan fingerprint density at radius 3 is 2.52 bits per heavy atom. The molecule has 3 aromatic carbocycles. The standard InChI is InChI=1S/C24H14ClN3O/c25-16-11-9-15(10-12-16)23-13-18(17-5-1-4-8-22(17)29-23)19(14-26)24-27-20-6-2-3-7-21(20)28-24/h1-13H,(H,27,28)/b19-18-. The number of imidazole rings is 1. The molecular weight excluding hydrogens is 382 g/mol. The van der Waals surface area contributed by atoms with E-state index in [4.69, 9.17) is 16.3 Å². The van der Waals surface area contributed by atoms with Gasteiger partial charge < -0.3 is 9.72 Å². The summed E-state index contributed by atoms with van der Waals surface area (Å²) in [5.74, 6) is 1.88. The van der Waals surface area contributed by atoms with Gasteiger partial charge in [0.2, 0.25) is 0 Å². The van der Waals surface area contributed by atoms with E-state index in [1.807, 2.05) is 78.9 Å². The molecule has 0 saturated heterocycles. The number of rotatable bonds is 2. The monoisotopic (exact) mass is 395 g/mol. The van der Waals surface area contributed by atoms with Crippen LogP contribution in [0.4, 0.5) is 0 Å². The highest BCUT2D eigenvalue weighted by Crippen LogP contribution is 2.40. The molecule has 0 radical (unpaired) electrons. The Balaban J connectivity index is 1.74. The van der Waals surface area contributed by atoms with Gasteiger partial charge in [0, 0.05) is 21.7 Å². The van der Waals surface area contributed by atoms with Gasteiger partial charge in [-0.3, -0.25) is 0 Å². The number of nitrogens with one attached hydrogen (secondary N) is 1. The summed E-state index contributed by atoms with van der Waals surface area (Å²) in [6.45, 7) is 0. The minimum Gasteiger partial charge on any atom is -0.456 e. The molecule has 0 bridgehead atoms. The third-order valence-electron chi connectivity index (χ3n) is 4.81. The highest BCUT2D eigenvalue weighted by molar-refractivity contribution is 6.30. The molecule has 1 aliphatic rings. The van der Waals surface area contributed by atoms with Gasteiger partial charge in [0.15, 0.2) is 0 Å². The quantitative estimate of drug-likeness (QED) is 0.418. The van der Waals surface area contributed by atoms with Crippen LogP contribution in [0, 0.1) is 11.3 Å². The molecule has 1 aliphatic heterocycles. The molecule has 5 heteroatoms. The highest BCUT2D eigenvalue weighted by Gasteiger charge is 2.22. The first kappa shape index (κ1) is 17.3. The fraction of sp³-hybridized carbons (Fsp3) is 0. The largest absolute Gasteiger partial charge is 0.456 e. The molecule has 0 fully saturated rings. The molecule has 0 aliphatic carbocycles. The Labute approximate surface area is 172 Å². The molecule has 1 aromatic heterocycles. The number of benzene rings is 3. The maximum absolute atomic E-state index is 10.0. The van der Waals surface area contributed by atoms with Gasteiger partial charge in [-0.2, -0.15) is 5.26 Å². The maximum Gasteiger partial charge on any atom is 0.149 e. The van der Waals surface area contributed by atoms with Gasteiger partial charge in [-0.1, -0.05) is 41.9 Å². The second kappa shape index (κ2) is 6.97. The summed E-state index contributed by atoms with van der Waals surface area (Å²) in [7, 11) is 0. The number of hydrogen-bond donors (Lipinski definition) is 1. The predicted octanol–water partition coefficient (Wildman–Crippen LogP) is 6.08. The molecule has 0 spiro atoms. The first-order chi connectivity index (χ1) is 14.2. The number of aromatic amines is 1. The van der Waals surface area contributed by atoms with Crippen molar-refractivity contribution in [3.63, 3.8) is 0 Å². The van der Waals surface area contributed by atoms with Crippen molar-refractivity contribution < 1.29 is 4.74 Å². The van der Waals surface area contributed by atoms with Crippen molar-refractivity contribution in [3.05, 3.63) is 101 Å². The predicted molar refractivity (Wildman–Crippen MR) is 115 cm³/mol. The van der Waals surface area contributed by atoms with Crippen LogP contribution < -0.4 is 4.74 Å². The van der Waals surface area contributed by atoms with Crippen molar-refractivity contribution in [1.82, 2.24) is 9.97 Å². The fourth-order valence-electron chi connectivity index (χ4n) is 3.41. The van der Waals surface area contributed by atoms with Crippen molar-refractivity contribution in [2.45, 2.75) is 0 Å². The molecular formula is C24H14ClN3O. The molecule has 0 amide bonds. The lowest BCUT2D eigenvalue weighted by Crippen LogP contribution is -2.05. The van der Waals surface area contributed by atoms with E-state index in [0.717, 1.165) is 27.7 Å². The van der Waals surface area contributed by atoms with Crippen LogP contribution in [0.25, 0.3) is 27.9 Å². The topological polar surface area (TPSA) is 61.7 Å². The number of halogens is 1. The lowest BCUT2D eigenvalue weighted by Gasteiger charge is -2.21. The molecule has 5 rings (SSSR count). The molecule has 29 heavy (non-hydrogen) atoms. The van der Waals surface area contributed by atoms with Gasteiger partial charge in [0.05, 0.1) is 11.0 Å². The number of ether oxygens (including phenoxy) is 1.